The van der Waals surface area contributed by atoms with Crippen LogP contribution in [-0.4, -0.2) is 97.6 Å². The number of likely N-dealkylation sites (N-methyl/N-ethyl adjacent to an activating group) is 1. The predicted molar refractivity (Wildman–Crippen MR) is 175 cm³/mol. The van der Waals surface area contributed by atoms with Crippen LogP contribution in [0.3, 0.4) is 0 Å². The highest BCUT2D eigenvalue weighted by Crippen LogP contribution is 2.29. The van der Waals surface area contributed by atoms with Crippen LogP contribution in [0, 0.1) is 11.7 Å². The van der Waals surface area contributed by atoms with Crippen LogP contribution in [0.1, 0.15) is 60.9 Å². The summed E-state index contributed by atoms with van der Waals surface area (Å²) in [5.74, 6) is -5.20. The summed E-state index contributed by atoms with van der Waals surface area (Å²) >= 11 is 0. The van der Waals surface area contributed by atoms with Crippen LogP contribution < -0.4 is 21.7 Å². The Hall–Kier alpha value is -4.87. The van der Waals surface area contributed by atoms with Gasteiger partial charge in [-0.3, -0.25) is 19.1 Å². The van der Waals surface area contributed by atoms with Crippen molar-refractivity contribution in [2.24, 2.45) is 5.92 Å². The molecule has 2 atom stereocenters. The van der Waals surface area contributed by atoms with E-state index in [9.17, 15) is 27.6 Å². The molecule has 50 heavy (non-hydrogen) atoms. The van der Waals surface area contributed by atoms with Gasteiger partial charge in [-0.2, -0.15) is 33.2 Å². The van der Waals surface area contributed by atoms with Crippen LogP contribution in [0.25, 0.3) is 0 Å². The smallest absolute Gasteiger partial charge is 0.368 e. The number of nitrogens with one attached hydrogen (secondary N) is 3. The molecular weight excluding hydrogens is 662 g/mol. The first kappa shape index (κ1) is 36.4. The zero-order chi connectivity index (χ0) is 36.0. The second-order valence-corrected chi connectivity index (χ2v) is 12.6. The molecule has 1 aliphatic heterocycles. The molecule has 3 amide bonds. The van der Waals surface area contributed by atoms with Crippen molar-refractivity contribution in [3.63, 3.8) is 0 Å². The molecule has 3 aromatic rings. The predicted octanol–water partition coefficient (Wildman–Crippen LogP) is 2.94. The number of anilines is 3. The first-order chi connectivity index (χ1) is 23.8. The first-order valence-corrected chi connectivity index (χ1v) is 16.6. The molecule has 3 heterocycles. The molecule has 2 aromatic heterocycles. The summed E-state index contributed by atoms with van der Waals surface area (Å²) in [5, 5.41) is 12.2. The van der Waals surface area contributed by atoms with E-state index in [4.69, 9.17) is 5.73 Å². The fourth-order valence-electron chi connectivity index (χ4n) is 6.28. The third kappa shape index (κ3) is 9.02. The second kappa shape index (κ2) is 15.8. The van der Waals surface area contributed by atoms with E-state index in [2.05, 4.69) is 36.0 Å². The molecule has 2 aliphatic rings. The van der Waals surface area contributed by atoms with E-state index in [1.807, 2.05) is 18.9 Å². The summed E-state index contributed by atoms with van der Waals surface area (Å²) in [6, 6.07) is 3.43. The Balaban J connectivity index is 1.35. The maximum Gasteiger partial charge on any atom is 0.451 e. The van der Waals surface area contributed by atoms with Crippen molar-refractivity contribution in [2.45, 2.75) is 70.3 Å². The number of carbonyl (C=O) groups excluding carboxylic acids is 3. The number of nitrogens with two attached hydrogens (primary N) is 1. The number of piperazine rings is 1. The molecule has 0 bridgehead atoms. The van der Waals surface area contributed by atoms with Gasteiger partial charge in [0.25, 0.3) is 5.91 Å². The zero-order valence-corrected chi connectivity index (χ0v) is 27.8. The lowest BCUT2D eigenvalue weighted by Crippen LogP contribution is -2.52. The number of halogens is 4. The van der Waals surface area contributed by atoms with Crippen LogP contribution >= 0.6 is 0 Å². The lowest BCUT2D eigenvalue weighted by Gasteiger charge is -2.35. The molecular formula is C32H41F4N11O3. The Bertz CT molecular complexity index is 1670. The summed E-state index contributed by atoms with van der Waals surface area (Å²) in [6.07, 6.45) is 0.700. The van der Waals surface area contributed by atoms with Crippen LogP contribution in [0.15, 0.2) is 30.5 Å². The van der Waals surface area contributed by atoms with Crippen LogP contribution in [0.5, 0.6) is 0 Å². The largest absolute Gasteiger partial charge is 0.451 e. The zero-order valence-electron chi connectivity index (χ0n) is 27.8. The van der Waals surface area contributed by atoms with Crippen molar-refractivity contribution < 1.29 is 31.9 Å². The minimum atomic E-state index is -4.91. The van der Waals surface area contributed by atoms with E-state index in [0.717, 1.165) is 38.2 Å². The number of aromatic nitrogens is 5. The van der Waals surface area contributed by atoms with E-state index in [0.29, 0.717) is 44.0 Å². The Morgan fingerprint density at radius 2 is 1.74 bits per heavy atom. The van der Waals surface area contributed by atoms with Crippen LogP contribution in [-0.2, 0) is 28.7 Å². The van der Waals surface area contributed by atoms with Gasteiger partial charge in [-0.15, -0.1) is 0 Å². The van der Waals surface area contributed by atoms with Gasteiger partial charge in [-0.1, -0.05) is 25.3 Å². The van der Waals surface area contributed by atoms with Crippen molar-refractivity contribution in [2.75, 3.05) is 49.6 Å². The Labute approximate surface area is 286 Å². The molecule has 18 heteroatoms. The van der Waals surface area contributed by atoms with Gasteiger partial charge in [0.1, 0.15) is 23.6 Å². The van der Waals surface area contributed by atoms with Crippen molar-refractivity contribution in [3.05, 3.63) is 53.4 Å². The minimum absolute atomic E-state index is 0.137. The van der Waals surface area contributed by atoms with Gasteiger partial charge in [0.2, 0.25) is 29.5 Å². The molecule has 0 radical (unpaired) electrons. The Morgan fingerprint density at radius 3 is 2.40 bits per heavy atom. The molecule has 0 unspecified atom stereocenters. The first-order valence-electron chi connectivity index (χ1n) is 16.6. The normalized spacial score (nSPS) is 17.2. The molecule has 2 fully saturated rings. The van der Waals surface area contributed by atoms with Crippen LogP contribution in [0.4, 0.5) is 35.1 Å². The number of nitrogen functional groups attached to an aromatic ring is 1. The average molecular weight is 704 g/mol. The summed E-state index contributed by atoms with van der Waals surface area (Å²) in [7, 11) is 1.90. The van der Waals surface area contributed by atoms with Crippen LogP contribution in [0.2, 0.25) is 0 Å². The third-order valence-corrected chi connectivity index (χ3v) is 8.99. The number of nitrogens with zero attached hydrogens (tertiary/aromatic N) is 7. The fourth-order valence-corrected chi connectivity index (χ4v) is 6.28. The van der Waals surface area contributed by atoms with Gasteiger partial charge in [-0.05, 0) is 56.5 Å². The molecule has 270 valence electrons. The Kier molecular flexibility index (Phi) is 11.5. The molecule has 5 rings (SSSR count). The number of rotatable bonds is 11. The fraction of sp³-hybridized carbons (Fsp3) is 0.531. The maximum atomic E-state index is 15.6. The number of aryl methyl sites for hydroxylation is 1. The van der Waals surface area contributed by atoms with E-state index in [1.54, 1.807) is 11.0 Å². The molecule has 14 nitrogen and oxygen atoms in total. The number of carbonyl (C=O) groups is 3. The van der Waals surface area contributed by atoms with E-state index < -0.39 is 59.5 Å². The highest BCUT2D eigenvalue weighted by Gasteiger charge is 2.37. The molecule has 1 saturated carbocycles. The minimum Gasteiger partial charge on any atom is -0.368 e. The molecule has 1 aromatic carbocycles. The maximum absolute atomic E-state index is 15.6. The van der Waals surface area contributed by atoms with Crippen molar-refractivity contribution >= 4 is 35.3 Å². The van der Waals surface area contributed by atoms with E-state index >= 15 is 4.39 Å². The molecule has 1 aliphatic carbocycles. The van der Waals surface area contributed by atoms with Gasteiger partial charge in [0.15, 0.2) is 0 Å². The number of alkyl halides is 3. The lowest BCUT2D eigenvalue weighted by atomic mass is 9.83. The lowest BCUT2D eigenvalue weighted by molar-refractivity contribution is -0.144. The monoisotopic (exact) mass is 703 g/mol. The summed E-state index contributed by atoms with van der Waals surface area (Å²) in [6.45, 7) is 4.22. The van der Waals surface area contributed by atoms with Crippen molar-refractivity contribution in [1.29, 1.82) is 0 Å². The van der Waals surface area contributed by atoms with Gasteiger partial charge in [0, 0.05) is 45.3 Å². The van der Waals surface area contributed by atoms with Gasteiger partial charge < -0.3 is 31.5 Å². The third-order valence-electron chi connectivity index (χ3n) is 8.99. The number of benzene rings is 1. The van der Waals surface area contributed by atoms with Crippen molar-refractivity contribution in [1.82, 2.24) is 39.8 Å². The highest BCUT2D eigenvalue weighted by atomic mass is 19.4. The second-order valence-electron chi connectivity index (χ2n) is 12.6. The number of hydrogen-bond acceptors (Lipinski definition) is 10. The topological polar surface area (TPSA) is 176 Å². The standard InChI is InChI=1S/C32H41F4N11O3/c1-3-47-24(11-12-38-47)26(48)41-25(20-7-5-4-6-8-20)27(49)39-22-10-9-19(17-21(22)33)18-23(28(50)46-15-13-45(2)14-16-46)40-31-43-29(32(34,35)36)42-30(37)44-31/h9-12,17,20,23,25H,3-8,13-16,18H2,1-2H3,(H,39,49)(H,41,48)(H3,37,40,42,43,44)/t23-,25+/m1/s1. The molecule has 1 saturated heterocycles. The van der Waals surface area contributed by atoms with E-state index in [1.165, 1.54) is 23.0 Å². The van der Waals surface area contributed by atoms with Crippen molar-refractivity contribution in [3.8, 4) is 0 Å². The summed E-state index contributed by atoms with van der Waals surface area (Å²) in [5.41, 5.74) is 5.99. The average Bonchev–Trinajstić information content (AvgIpc) is 3.57. The van der Waals surface area contributed by atoms with E-state index in [-0.39, 0.29) is 18.0 Å². The van der Waals surface area contributed by atoms with Gasteiger partial charge in [0.05, 0.1) is 5.69 Å². The summed E-state index contributed by atoms with van der Waals surface area (Å²) < 4.78 is 57.3. The number of amides is 3. The molecule has 5 N–H and O–H groups in total. The quantitative estimate of drug-likeness (QED) is 0.217. The Morgan fingerprint density at radius 1 is 1.02 bits per heavy atom. The highest BCUT2D eigenvalue weighted by molar-refractivity contribution is 6.00. The summed E-state index contributed by atoms with van der Waals surface area (Å²) in [4.78, 5) is 54.3. The SMILES string of the molecule is CCn1nccc1C(=O)N[C@H](C(=O)Nc1ccc(C[C@@H](Nc2nc(N)nc(C(F)(F)F)n2)C(=O)N2CCN(C)CC2)cc1F)C1CCCCC1. The number of hydrogen-bond donors (Lipinski definition) is 4. The van der Waals surface area contributed by atoms with Gasteiger partial charge in [-0.25, -0.2) is 4.39 Å². The molecule has 0 spiro atoms. The van der Waals surface area contributed by atoms with Gasteiger partial charge >= 0.3 is 6.18 Å².